The number of carbonyl (C=O) groups is 2. The minimum atomic E-state index is -0.363. The average Bonchev–Trinajstić information content (AvgIpc) is 2.92. The fraction of sp³-hybridized carbons (Fsp3) is 0.857. The van der Waals surface area contributed by atoms with E-state index >= 15 is 0 Å². The Labute approximate surface area is 119 Å². The van der Waals surface area contributed by atoms with E-state index in [1.165, 1.54) is 0 Å². The van der Waals surface area contributed by atoms with Gasteiger partial charge in [0.15, 0.2) is 5.78 Å². The first-order chi connectivity index (χ1) is 9.58. The number of carbonyl (C=O) groups excluding carboxylic acids is 2. The lowest BCUT2D eigenvalue weighted by atomic mass is 10.0. The number of nitrogens with zero attached hydrogens (tertiary/aromatic N) is 1. The maximum Gasteiger partial charge on any atom is 0.239 e. The maximum atomic E-state index is 12.2. The van der Waals surface area contributed by atoms with Crippen LogP contribution in [0.5, 0.6) is 0 Å². The van der Waals surface area contributed by atoms with Gasteiger partial charge in [-0.1, -0.05) is 0 Å². The van der Waals surface area contributed by atoms with Crippen LogP contribution in [-0.4, -0.2) is 68.2 Å². The van der Waals surface area contributed by atoms with Gasteiger partial charge in [0, 0.05) is 25.1 Å². The van der Waals surface area contributed by atoms with Gasteiger partial charge in [0.1, 0.15) is 6.04 Å². The van der Waals surface area contributed by atoms with Crippen molar-refractivity contribution >= 4 is 11.7 Å². The lowest BCUT2D eigenvalue weighted by molar-refractivity contribution is -0.136. The summed E-state index contributed by atoms with van der Waals surface area (Å²) in [5.74, 6) is 0.105. The van der Waals surface area contributed by atoms with Gasteiger partial charge in [-0.3, -0.25) is 14.5 Å². The van der Waals surface area contributed by atoms with Crippen molar-refractivity contribution in [2.75, 3.05) is 39.5 Å². The molecular weight excluding hydrogens is 260 g/mol. The summed E-state index contributed by atoms with van der Waals surface area (Å²) in [6.07, 6.45) is 0.798. The highest BCUT2D eigenvalue weighted by molar-refractivity contribution is 5.86. The molecule has 0 spiro atoms. The lowest BCUT2D eigenvalue weighted by Gasteiger charge is -2.34. The third kappa shape index (κ3) is 4.01. The zero-order chi connectivity index (χ0) is 14.5. The first-order valence-electron chi connectivity index (χ1n) is 7.30. The Balaban J connectivity index is 1.92. The van der Waals surface area contributed by atoms with E-state index in [0.29, 0.717) is 39.5 Å². The highest BCUT2D eigenvalue weighted by Gasteiger charge is 2.33. The molecule has 2 fully saturated rings. The van der Waals surface area contributed by atoms with Crippen LogP contribution >= 0.6 is 0 Å². The van der Waals surface area contributed by atoms with Gasteiger partial charge in [-0.05, 0) is 20.3 Å². The summed E-state index contributed by atoms with van der Waals surface area (Å²) in [4.78, 5) is 26.3. The Morgan fingerprint density at radius 2 is 2.00 bits per heavy atom. The fourth-order valence-corrected chi connectivity index (χ4v) is 2.57. The molecule has 0 bridgehead atoms. The van der Waals surface area contributed by atoms with E-state index in [2.05, 4.69) is 5.32 Å². The second kappa shape index (κ2) is 7.15. The van der Waals surface area contributed by atoms with Gasteiger partial charge in [-0.2, -0.15) is 0 Å². The first-order valence-corrected chi connectivity index (χ1v) is 7.30. The summed E-state index contributed by atoms with van der Waals surface area (Å²) in [6.45, 7) is 6.89. The van der Waals surface area contributed by atoms with E-state index in [0.717, 1.165) is 6.42 Å². The molecule has 1 amide bonds. The topological polar surface area (TPSA) is 67.9 Å². The van der Waals surface area contributed by atoms with Gasteiger partial charge in [-0.15, -0.1) is 0 Å². The normalized spacial score (nSPS) is 27.8. The maximum absolute atomic E-state index is 12.2. The van der Waals surface area contributed by atoms with E-state index in [1.807, 2.05) is 18.7 Å². The van der Waals surface area contributed by atoms with Gasteiger partial charge < -0.3 is 14.8 Å². The van der Waals surface area contributed by atoms with Crippen LogP contribution < -0.4 is 5.32 Å². The van der Waals surface area contributed by atoms with Crippen LogP contribution in [0.3, 0.4) is 0 Å². The van der Waals surface area contributed by atoms with E-state index < -0.39 is 0 Å². The Kier molecular flexibility index (Phi) is 5.51. The zero-order valence-corrected chi connectivity index (χ0v) is 12.3. The first kappa shape index (κ1) is 15.4. The largest absolute Gasteiger partial charge is 0.381 e. The molecule has 2 aliphatic heterocycles. The summed E-state index contributed by atoms with van der Waals surface area (Å²) in [5.41, 5.74) is 0. The molecule has 2 atom stereocenters. The minimum Gasteiger partial charge on any atom is -0.381 e. The number of nitrogens with one attached hydrogen (secondary N) is 1. The predicted octanol–water partition coefficient (Wildman–Crippen LogP) is -0.183. The number of rotatable bonds is 5. The molecule has 6 nitrogen and oxygen atoms in total. The van der Waals surface area contributed by atoms with Gasteiger partial charge in [-0.25, -0.2) is 0 Å². The van der Waals surface area contributed by atoms with Crippen molar-refractivity contribution in [2.45, 2.75) is 32.4 Å². The molecule has 0 aromatic rings. The van der Waals surface area contributed by atoms with Crippen LogP contribution in [0, 0.1) is 5.92 Å². The van der Waals surface area contributed by atoms with Crippen LogP contribution in [0.2, 0.25) is 0 Å². The summed E-state index contributed by atoms with van der Waals surface area (Å²) >= 11 is 0. The number of morpholine rings is 1. The van der Waals surface area contributed by atoms with E-state index in [4.69, 9.17) is 9.47 Å². The third-order valence-electron chi connectivity index (χ3n) is 3.72. The number of hydrogen-bond acceptors (Lipinski definition) is 5. The van der Waals surface area contributed by atoms with Crippen LogP contribution in [0.25, 0.3) is 0 Å². The Bertz CT molecular complexity index is 353. The Morgan fingerprint density at radius 3 is 2.65 bits per heavy atom. The van der Waals surface area contributed by atoms with Gasteiger partial charge in [0.25, 0.3) is 0 Å². The number of ether oxygens (including phenoxy) is 2. The molecule has 1 N–H and O–H groups in total. The quantitative estimate of drug-likeness (QED) is 0.758. The number of hydrogen-bond donors (Lipinski definition) is 1. The number of Topliss-reactive ketones (excluding diaryl/α,β-unsaturated/α-hetero) is 1. The molecule has 20 heavy (non-hydrogen) atoms. The summed E-state index contributed by atoms with van der Waals surface area (Å²) in [7, 11) is 0. The molecule has 0 saturated carbocycles. The summed E-state index contributed by atoms with van der Waals surface area (Å²) in [5, 5.41) is 2.89. The molecule has 2 heterocycles. The van der Waals surface area contributed by atoms with Crippen molar-refractivity contribution in [3.63, 3.8) is 0 Å². The van der Waals surface area contributed by atoms with E-state index in [9.17, 15) is 9.59 Å². The number of amides is 1. The Hall–Kier alpha value is -0.980. The fourth-order valence-electron chi connectivity index (χ4n) is 2.57. The highest BCUT2D eigenvalue weighted by Crippen LogP contribution is 2.16. The summed E-state index contributed by atoms with van der Waals surface area (Å²) < 4.78 is 10.6. The SMILES string of the molecule is CC(C)NC(=O)C1COCCN1CC(=O)C1CCOC1. The van der Waals surface area contributed by atoms with Gasteiger partial charge in [0.2, 0.25) is 5.91 Å². The monoisotopic (exact) mass is 284 g/mol. The van der Waals surface area contributed by atoms with Crippen LogP contribution in [-0.2, 0) is 19.1 Å². The molecule has 0 aromatic heterocycles. The molecule has 2 aliphatic rings. The molecule has 0 aromatic carbocycles. The molecule has 114 valence electrons. The predicted molar refractivity (Wildman–Crippen MR) is 73.4 cm³/mol. The molecule has 2 unspecified atom stereocenters. The average molecular weight is 284 g/mol. The van der Waals surface area contributed by atoms with E-state index in [1.54, 1.807) is 0 Å². The van der Waals surface area contributed by atoms with Crippen molar-refractivity contribution in [1.82, 2.24) is 10.2 Å². The Morgan fingerprint density at radius 1 is 1.25 bits per heavy atom. The van der Waals surface area contributed by atoms with Crippen molar-refractivity contribution in [3.05, 3.63) is 0 Å². The minimum absolute atomic E-state index is 0.00773. The molecule has 0 radical (unpaired) electrons. The lowest BCUT2D eigenvalue weighted by Crippen LogP contribution is -2.56. The van der Waals surface area contributed by atoms with Crippen molar-refractivity contribution in [3.8, 4) is 0 Å². The molecule has 0 aliphatic carbocycles. The van der Waals surface area contributed by atoms with Crippen LogP contribution in [0.4, 0.5) is 0 Å². The van der Waals surface area contributed by atoms with Crippen molar-refractivity contribution in [1.29, 1.82) is 0 Å². The molecular formula is C14H24N2O4. The van der Waals surface area contributed by atoms with Crippen LogP contribution in [0.1, 0.15) is 20.3 Å². The highest BCUT2D eigenvalue weighted by atomic mass is 16.5. The van der Waals surface area contributed by atoms with Crippen molar-refractivity contribution < 1.29 is 19.1 Å². The zero-order valence-electron chi connectivity index (χ0n) is 12.3. The van der Waals surface area contributed by atoms with Crippen LogP contribution in [0.15, 0.2) is 0 Å². The second-order valence-electron chi connectivity index (χ2n) is 5.75. The standard InChI is InChI=1S/C14H24N2O4/c1-10(2)15-14(18)12-9-20-6-4-16(12)7-13(17)11-3-5-19-8-11/h10-12H,3-9H2,1-2H3,(H,15,18). The smallest absolute Gasteiger partial charge is 0.239 e. The van der Waals surface area contributed by atoms with E-state index in [-0.39, 0.29) is 29.7 Å². The third-order valence-corrected chi connectivity index (χ3v) is 3.72. The van der Waals surface area contributed by atoms with Gasteiger partial charge >= 0.3 is 0 Å². The molecule has 2 rings (SSSR count). The van der Waals surface area contributed by atoms with Gasteiger partial charge in [0.05, 0.1) is 26.4 Å². The molecule has 6 heteroatoms. The summed E-state index contributed by atoms with van der Waals surface area (Å²) in [6, 6.07) is -0.275. The number of ketones is 1. The molecule has 2 saturated heterocycles. The van der Waals surface area contributed by atoms with Crippen molar-refractivity contribution in [2.24, 2.45) is 5.92 Å². The second-order valence-corrected chi connectivity index (χ2v) is 5.75.